The van der Waals surface area contributed by atoms with Crippen LogP contribution >= 0.6 is 11.6 Å². The van der Waals surface area contributed by atoms with Crippen LogP contribution in [0.4, 0.5) is 10.1 Å². The third kappa shape index (κ3) is 7.80. The molecule has 42 heavy (non-hydrogen) atoms. The lowest BCUT2D eigenvalue weighted by atomic mass is 9.95. The van der Waals surface area contributed by atoms with E-state index >= 15 is 0 Å². The summed E-state index contributed by atoms with van der Waals surface area (Å²) in [6.07, 6.45) is 4.91. The Bertz CT molecular complexity index is 1480. The van der Waals surface area contributed by atoms with Gasteiger partial charge in [-0.1, -0.05) is 49.1 Å². The van der Waals surface area contributed by atoms with Gasteiger partial charge in [0, 0.05) is 17.6 Å². The van der Waals surface area contributed by atoms with Crippen LogP contribution in [0, 0.1) is 5.82 Å². The molecule has 0 unspecified atom stereocenters. The summed E-state index contributed by atoms with van der Waals surface area (Å²) in [6, 6.07) is 16.7. The van der Waals surface area contributed by atoms with Crippen LogP contribution in [0.25, 0.3) is 0 Å². The molecule has 11 heteroatoms. The van der Waals surface area contributed by atoms with Crippen molar-refractivity contribution in [2.45, 2.75) is 62.6 Å². The van der Waals surface area contributed by atoms with Gasteiger partial charge < -0.3 is 15.0 Å². The molecule has 8 nitrogen and oxygen atoms in total. The molecule has 4 rings (SSSR count). The average Bonchev–Trinajstić information content (AvgIpc) is 2.99. The van der Waals surface area contributed by atoms with Gasteiger partial charge in [-0.2, -0.15) is 0 Å². The molecule has 1 atom stereocenters. The SMILES string of the molecule is COc1ccc(S(=O)(=O)N(CC(=O)N(Cc2ccc(F)cc2)[C@@H](C)C(=O)NC2CCCCC2)c2cccc(Cl)c2)cc1. The topological polar surface area (TPSA) is 96.0 Å². The highest BCUT2D eigenvalue weighted by Gasteiger charge is 2.33. The lowest BCUT2D eigenvalue weighted by molar-refractivity contribution is -0.139. The van der Waals surface area contributed by atoms with Crippen LogP contribution in [0.5, 0.6) is 5.75 Å². The molecule has 1 aliphatic carbocycles. The van der Waals surface area contributed by atoms with E-state index in [0.29, 0.717) is 16.3 Å². The minimum absolute atomic E-state index is 0.0230. The van der Waals surface area contributed by atoms with Crippen molar-refractivity contribution in [3.8, 4) is 5.75 Å². The van der Waals surface area contributed by atoms with Crippen molar-refractivity contribution >= 4 is 39.1 Å². The Hall–Kier alpha value is -3.63. The van der Waals surface area contributed by atoms with E-state index in [1.807, 2.05) is 0 Å². The van der Waals surface area contributed by atoms with Gasteiger partial charge in [0.15, 0.2) is 0 Å². The second kappa shape index (κ2) is 14.0. The second-order valence-corrected chi connectivity index (χ2v) is 12.6. The standard InChI is InChI=1S/C31H35ClFN3O5S/c1-22(31(38)34-26-8-4-3-5-9-26)35(20-23-11-13-25(33)14-12-23)30(37)21-36(27-10-6-7-24(32)19-27)42(39,40)29-17-15-28(41-2)16-18-29/h6-7,10-19,22,26H,3-5,8-9,20-21H2,1-2H3,(H,34,38)/t22-/m0/s1. The first-order chi connectivity index (χ1) is 20.1. The molecule has 1 saturated carbocycles. The smallest absolute Gasteiger partial charge is 0.264 e. The van der Waals surface area contributed by atoms with Crippen molar-refractivity contribution in [3.05, 3.63) is 89.2 Å². The average molecular weight is 616 g/mol. The van der Waals surface area contributed by atoms with Crippen LogP contribution in [-0.4, -0.2) is 50.9 Å². The number of carbonyl (C=O) groups excluding carboxylic acids is 2. The molecule has 2 amide bonds. The van der Waals surface area contributed by atoms with E-state index < -0.39 is 34.3 Å². The molecule has 3 aromatic rings. The van der Waals surface area contributed by atoms with Crippen LogP contribution in [0.2, 0.25) is 5.02 Å². The second-order valence-electron chi connectivity index (χ2n) is 10.3. The summed E-state index contributed by atoms with van der Waals surface area (Å²) >= 11 is 6.21. The van der Waals surface area contributed by atoms with E-state index in [1.54, 1.807) is 25.1 Å². The van der Waals surface area contributed by atoms with Crippen molar-refractivity contribution in [2.75, 3.05) is 18.0 Å². The number of nitrogens with one attached hydrogen (secondary N) is 1. The highest BCUT2D eigenvalue weighted by Crippen LogP contribution is 2.28. The van der Waals surface area contributed by atoms with Crippen molar-refractivity contribution in [2.24, 2.45) is 0 Å². The van der Waals surface area contributed by atoms with Crippen molar-refractivity contribution in [3.63, 3.8) is 0 Å². The van der Waals surface area contributed by atoms with E-state index in [9.17, 15) is 22.4 Å². The lowest BCUT2D eigenvalue weighted by Crippen LogP contribution is -2.53. The highest BCUT2D eigenvalue weighted by molar-refractivity contribution is 7.92. The molecule has 1 fully saturated rings. The quantitative estimate of drug-likeness (QED) is 0.305. The largest absolute Gasteiger partial charge is 0.497 e. The third-order valence-corrected chi connectivity index (χ3v) is 9.43. The fourth-order valence-corrected chi connectivity index (χ4v) is 6.56. The van der Waals surface area contributed by atoms with Gasteiger partial charge in [-0.25, -0.2) is 12.8 Å². The molecular formula is C31H35ClFN3O5S. The minimum atomic E-state index is -4.25. The van der Waals surface area contributed by atoms with Crippen LogP contribution in [0.1, 0.15) is 44.6 Å². The number of benzene rings is 3. The zero-order valence-corrected chi connectivity index (χ0v) is 25.2. The predicted molar refractivity (Wildman–Crippen MR) is 160 cm³/mol. The summed E-state index contributed by atoms with van der Waals surface area (Å²) in [5, 5.41) is 3.34. The molecule has 0 aliphatic heterocycles. The van der Waals surface area contributed by atoms with E-state index in [0.717, 1.165) is 36.4 Å². The number of anilines is 1. The van der Waals surface area contributed by atoms with E-state index in [4.69, 9.17) is 16.3 Å². The van der Waals surface area contributed by atoms with Gasteiger partial charge in [0.2, 0.25) is 11.8 Å². The Morgan fingerprint density at radius 3 is 2.31 bits per heavy atom. The number of hydrogen-bond donors (Lipinski definition) is 1. The maximum absolute atomic E-state index is 14.0. The van der Waals surface area contributed by atoms with Gasteiger partial charge in [0.25, 0.3) is 10.0 Å². The summed E-state index contributed by atoms with van der Waals surface area (Å²) in [7, 11) is -2.78. The molecule has 224 valence electrons. The van der Waals surface area contributed by atoms with Gasteiger partial charge in [0.05, 0.1) is 17.7 Å². The van der Waals surface area contributed by atoms with E-state index in [1.165, 1.54) is 66.6 Å². The molecule has 0 spiro atoms. The number of rotatable bonds is 11. The number of ether oxygens (including phenoxy) is 1. The van der Waals surface area contributed by atoms with Crippen LogP contribution < -0.4 is 14.4 Å². The van der Waals surface area contributed by atoms with Crippen LogP contribution in [0.15, 0.2) is 77.7 Å². The molecule has 0 bridgehead atoms. The fourth-order valence-electron chi connectivity index (χ4n) is 4.97. The number of sulfonamides is 1. The number of halogens is 2. The third-order valence-electron chi connectivity index (χ3n) is 7.41. The van der Waals surface area contributed by atoms with Crippen molar-refractivity contribution in [1.82, 2.24) is 10.2 Å². The first-order valence-electron chi connectivity index (χ1n) is 13.8. The molecule has 1 aliphatic rings. The molecule has 0 saturated heterocycles. The lowest BCUT2D eigenvalue weighted by Gasteiger charge is -2.33. The number of hydrogen-bond acceptors (Lipinski definition) is 5. The predicted octanol–water partition coefficient (Wildman–Crippen LogP) is 5.55. The molecule has 0 heterocycles. The molecule has 1 N–H and O–H groups in total. The van der Waals surface area contributed by atoms with E-state index in [-0.39, 0.29) is 29.1 Å². The minimum Gasteiger partial charge on any atom is -0.497 e. The van der Waals surface area contributed by atoms with Crippen LogP contribution in [0.3, 0.4) is 0 Å². The first-order valence-corrected chi connectivity index (χ1v) is 15.7. The summed E-state index contributed by atoms with van der Waals surface area (Å²) < 4.78 is 47.6. The van der Waals surface area contributed by atoms with Gasteiger partial charge in [0.1, 0.15) is 24.2 Å². The Morgan fingerprint density at radius 2 is 1.69 bits per heavy atom. The highest BCUT2D eigenvalue weighted by atomic mass is 35.5. The van der Waals surface area contributed by atoms with Gasteiger partial charge >= 0.3 is 0 Å². The molecule has 0 radical (unpaired) electrons. The fraction of sp³-hybridized carbons (Fsp3) is 0.355. The number of methoxy groups -OCH3 is 1. The Morgan fingerprint density at radius 1 is 1.02 bits per heavy atom. The molecular weight excluding hydrogens is 581 g/mol. The Balaban J connectivity index is 1.67. The van der Waals surface area contributed by atoms with Gasteiger partial charge in [-0.15, -0.1) is 0 Å². The Kier molecular flexibility index (Phi) is 10.5. The van der Waals surface area contributed by atoms with Crippen molar-refractivity contribution < 1.29 is 27.1 Å². The summed E-state index contributed by atoms with van der Waals surface area (Å²) in [6.45, 7) is 0.989. The van der Waals surface area contributed by atoms with Crippen molar-refractivity contribution in [1.29, 1.82) is 0 Å². The monoisotopic (exact) mass is 615 g/mol. The van der Waals surface area contributed by atoms with Gasteiger partial charge in [-0.3, -0.25) is 13.9 Å². The Labute approximate surface area is 251 Å². The van der Waals surface area contributed by atoms with Crippen LogP contribution in [-0.2, 0) is 26.2 Å². The first kappa shape index (κ1) is 31.3. The van der Waals surface area contributed by atoms with E-state index in [2.05, 4.69) is 5.32 Å². The number of nitrogens with zero attached hydrogens (tertiary/aromatic N) is 2. The molecule has 3 aromatic carbocycles. The zero-order valence-electron chi connectivity index (χ0n) is 23.6. The zero-order chi connectivity index (χ0) is 30.3. The maximum atomic E-state index is 14.0. The molecule has 0 aromatic heterocycles. The maximum Gasteiger partial charge on any atom is 0.264 e. The summed E-state index contributed by atoms with van der Waals surface area (Å²) in [5.41, 5.74) is 0.780. The summed E-state index contributed by atoms with van der Waals surface area (Å²) in [5.74, 6) is -0.896. The number of carbonyl (C=O) groups is 2. The normalized spacial score (nSPS) is 14.6. The number of amides is 2. The summed E-state index contributed by atoms with van der Waals surface area (Å²) in [4.78, 5) is 28.6. The van der Waals surface area contributed by atoms with Gasteiger partial charge in [-0.05, 0) is 79.9 Å².